The van der Waals surface area contributed by atoms with Crippen LogP contribution in [0.4, 0.5) is 4.39 Å². The number of nitrogens with zero attached hydrogens (tertiary/aromatic N) is 3. The van der Waals surface area contributed by atoms with Crippen LogP contribution in [0.1, 0.15) is 47.4 Å². The smallest absolute Gasteiger partial charge is 0.354 e. The van der Waals surface area contributed by atoms with E-state index in [1.165, 1.54) is 18.3 Å². The predicted molar refractivity (Wildman–Crippen MR) is 138 cm³/mol. The molecule has 0 saturated heterocycles. The summed E-state index contributed by atoms with van der Waals surface area (Å²) in [6.07, 6.45) is 5.84. The Labute approximate surface area is 214 Å². The van der Waals surface area contributed by atoms with Crippen LogP contribution in [0.2, 0.25) is 0 Å². The summed E-state index contributed by atoms with van der Waals surface area (Å²) >= 11 is 0. The van der Waals surface area contributed by atoms with Crippen LogP contribution in [-0.2, 0) is 13.0 Å². The minimum Gasteiger partial charge on any atom is -0.493 e. The summed E-state index contributed by atoms with van der Waals surface area (Å²) in [5, 5.41) is 22.0. The minimum absolute atomic E-state index is 0.0760. The van der Waals surface area contributed by atoms with Gasteiger partial charge in [0.15, 0.2) is 0 Å². The predicted octanol–water partition coefficient (Wildman–Crippen LogP) is 5.28. The first-order valence-corrected chi connectivity index (χ1v) is 11.7. The lowest BCUT2D eigenvalue weighted by atomic mass is 9.92. The van der Waals surface area contributed by atoms with E-state index < -0.39 is 5.97 Å². The second-order valence-electron chi connectivity index (χ2n) is 8.56. The standard InChI is InChI=1S/C29H25FN4O3/c1-4-20(14-31)34-27-13-18(3)26(33-16-23-21-9-10-37-28(21)8-6-24(23)30)12-17(2)11-22(27)19-5-7-25(29(35)36)32-15-19/h4-8,11,15,33H,3,9-10,13,16H2,1-2H3,(H,35,36)/b20-4-,22-11?,34-27?. The number of aromatic carboxylic acids is 1. The van der Waals surface area contributed by atoms with Gasteiger partial charge in [-0.25, -0.2) is 19.2 Å². The molecule has 1 aliphatic carbocycles. The first-order valence-electron chi connectivity index (χ1n) is 11.7. The van der Waals surface area contributed by atoms with E-state index in [0.717, 1.165) is 11.1 Å². The number of benzene rings is 1. The molecule has 7 nitrogen and oxygen atoms in total. The number of nitrogens with one attached hydrogen (secondary N) is 1. The maximum absolute atomic E-state index is 14.7. The Morgan fingerprint density at radius 2 is 2.22 bits per heavy atom. The van der Waals surface area contributed by atoms with Crippen molar-refractivity contribution in [2.24, 2.45) is 4.99 Å². The molecular weight excluding hydrogens is 471 g/mol. The second kappa shape index (κ2) is 10.9. The van der Waals surface area contributed by atoms with Crippen molar-refractivity contribution < 1.29 is 19.0 Å². The van der Waals surface area contributed by atoms with Gasteiger partial charge in [-0.1, -0.05) is 24.5 Å². The molecule has 0 spiro atoms. The monoisotopic (exact) mass is 496 g/mol. The highest BCUT2D eigenvalue weighted by atomic mass is 19.1. The Balaban J connectivity index is 1.75. The van der Waals surface area contributed by atoms with E-state index in [1.54, 1.807) is 25.1 Å². The Bertz CT molecular complexity index is 1480. The molecule has 0 fully saturated rings. The summed E-state index contributed by atoms with van der Waals surface area (Å²) in [5.41, 5.74) is 8.73. The van der Waals surface area contributed by atoms with Crippen LogP contribution in [0.5, 0.6) is 5.75 Å². The quantitative estimate of drug-likeness (QED) is 0.416. The number of carboxylic acid groups (broad SMARTS) is 1. The van der Waals surface area contributed by atoms with Crippen LogP contribution in [-0.4, -0.2) is 28.4 Å². The summed E-state index contributed by atoms with van der Waals surface area (Å²) in [7, 11) is 0. The number of nitriles is 1. The van der Waals surface area contributed by atoms with Crippen molar-refractivity contribution in [1.82, 2.24) is 10.3 Å². The molecule has 2 N–H and O–H groups in total. The molecule has 2 aromatic rings. The van der Waals surface area contributed by atoms with Gasteiger partial charge in [0.25, 0.3) is 0 Å². The van der Waals surface area contributed by atoms with Gasteiger partial charge in [0.2, 0.25) is 0 Å². The number of halogens is 1. The number of ether oxygens (including phenoxy) is 1. The van der Waals surface area contributed by atoms with Crippen molar-refractivity contribution in [3.8, 4) is 11.8 Å². The molecule has 186 valence electrons. The highest BCUT2D eigenvalue weighted by molar-refractivity contribution is 6.25. The normalized spacial score (nSPS) is 16.5. The first kappa shape index (κ1) is 25.4. The van der Waals surface area contributed by atoms with Crippen LogP contribution >= 0.6 is 0 Å². The fourth-order valence-electron chi connectivity index (χ4n) is 4.19. The van der Waals surface area contributed by atoms with Crippen molar-refractivity contribution >= 4 is 17.3 Å². The van der Waals surface area contributed by atoms with Gasteiger partial charge in [-0.2, -0.15) is 5.26 Å². The lowest BCUT2D eigenvalue weighted by molar-refractivity contribution is 0.0690. The third-order valence-electron chi connectivity index (χ3n) is 6.05. The van der Waals surface area contributed by atoms with Crippen LogP contribution in [0.3, 0.4) is 0 Å². The number of pyridine rings is 1. The number of allylic oxidation sites excluding steroid dienone is 5. The van der Waals surface area contributed by atoms with E-state index >= 15 is 0 Å². The number of fused-ring (bicyclic) bond motifs is 1. The first-order chi connectivity index (χ1) is 17.8. The zero-order chi connectivity index (χ0) is 26.5. The summed E-state index contributed by atoms with van der Waals surface area (Å²) < 4.78 is 20.2. The molecule has 2 aliphatic rings. The average molecular weight is 497 g/mol. The maximum Gasteiger partial charge on any atom is 0.354 e. The topological polar surface area (TPSA) is 108 Å². The number of carboxylic acids is 1. The molecule has 0 saturated carbocycles. The Kier molecular flexibility index (Phi) is 7.47. The molecule has 0 amide bonds. The van der Waals surface area contributed by atoms with E-state index in [0.29, 0.717) is 52.5 Å². The van der Waals surface area contributed by atoms with Gasteiger partial charge in [-0.3, -0.25) is 0 Å². The summed E-state index contributed by atoms with van der Waals surface area (Å²) in [4.78, 5) is 19.8. The third kappa shape index (κ3) is 5.58. The molecule has 1 aromatic heterocycles. The van der Waals surface area contributed by atoms with Crippen LogP contribution in [0.25, 0.3) is 5.57 Å². The number of rotatable bonds is 6. The second-order valence-corrected chi connectivity index (χ2v) is 8.56. The molecular formula is C29H25FN4O3. The van der Waals surface area contributed by atoms with Crippen LogP contribution in [0.15, 0.2) is 82.5 Å². The zero-order valence-corrected chi connectivity index (χ0v) is 20.6. The summed E-state index contributed by atoms with van der Waals surface area (Å²) in [6.45, 7) is 8.55. The fourth-order valence-corrected chi connectivity index (χ4v) is 4.19. The van der Waals surface area contributed by atoms with E-state index in [1.807, 2.05) is 13.0 Å². The number of hydrogen-bond donors (Lipinski definition) is 2. The SMILES string of the molecule is C=C1CC(=N/C(C#N)=C\C)C(c2ccc(C(=O)O)nc2)=CC(C)=C=C1NCc1c(F)ccc2c1CCO2. The van der Waals surface area contributed by atoms with Crippen molar-refractivity contribution in [2.45, 2.75) is 33.2 Å². The highest BCUT2D eigenvalue weighted by Gasteiger charge is 2.21. The van der Waals surface area contributed by atoms with Gasteiger partial charge >= 0.3 is 5.97 Å². The van der Waals surface area contributed by atoms with E-state index in [2.05, 4.69) is 33.7 Å². The average Bonchev–Trinajstić information content (AvgIpc) is 3.36. The minimum atomic E-state index is -1.12. The number of carbonyl (C=O) groups is 1. The van der Waals surface area contributed by atoms with Crippen molar-refractivity contribution in [3.05, 3.63) is 106 Å². The van der Waals surface area contributed by atoms with Crippen molar-refractivity contribution in [3.63, 3.8) is 0 Å². The van der Waals surface area contributed by atoms with Gasteiger partial charge in [-0.05, 0) is 49.3 Å². The number of hydrogen-bond acceptors (Lipinski definition) is 6. The molecule has 1 aromatic carbocycles. The van der Waals surface area contributed by atoms with Crippen molar-refractivity contribution in [1.29, 1.82) is 5.26 Å². The van der Waals surface area contributed by atoms with Crippen LogP contribution in [0, 0.1) is 17.1 Å². The van der Waals surface area contributed by atoms with Gasteiger partial charge < -0.3 is 15.2 Å². The zero-order valence-electron chi connectivity index (χ0n) is 20.6. The molecule has 4 rings (SSSR count). The number of aliphatic imine (C=N–C) groups is 1. The summed E-state index contributed by atoms with van der Waals surface area (Å²) in [6, 6.07) is 8.21. The van der Waals surface area contributed by atoms with E-state index in [4.69, 9.17) is 4.74 Å². The Morgan fingerprint density at radius 3 is 2.89 bits per heavy atom. The summed E-state index contributed by atoms with van der Waals surface area (Å²) in [5.74, 6) is -0.721. The van der Waals surface area contributed by atoms with E-state index in [-0.39, 0.29) is 30.2 Å². The Hall–Kier alpha value is -4.73. The van der Waals surface area contributed by atoms with E-state index in [9.17, 15) is 19.6 Å². The molecule has 2 heterocycles. The lowest BCUT2D eigenvalue weighted by Crippen LogP contribution is -2.18. The molecule has 0 radical (unpaired) electrons. The third-order valence-corrected chi connectivity index (χ3v) is 6.05. The maximum atomic E-state index is 14.7. The van der Waals surface area contributed by atoms with Gasteiger partial charge in [0.05, 0.1) is 18.0 Å². The molecule has 0 bridgehead atoms. The van der Waals surface area contributed by atoms with Crippen molar-refractivity contribution in [2.75, 3.05) is 6.61 Å². The van der Waals surface area contributed by atoms with Gasteiger partial charge in [0, 0.05) is 47.8 Å². The largest absolute Gasteiger partial charge is 0.493 e. The molecule has 1 aliphatic heterocycles. The molecule has 0 unspecified atom stereocenters. The van der Waals surface area contributed by atoms with Gasteiger partial charge in [0.1, 0.15) is 29.0 Å². The highest BCUT2D eigenvalue weighted by Crippen LogP contribution is 2.31. The molecule has 0 atom stereocenters. The van der Waals surface area contributed by atoms with Gasteiger partial charge in [-0.15, -0.1) is 0 Å². The van der Waals surface area contributed by atoms with Crippen LogP contribution < -0.4 is 10.1 Å². The molecule has 37 heavy (non-hydrogen) atoms. The lowest BCUT2D eigenvalue weighted by Gasteiger charge is -2.19. The Morgan fingerprint density at radius 1 is 1.41 bits per heavy atom. The number of aromatic nitrogens is 1. The fraction of sp³-hybridized carbons (Fsp3) is 0.207. The molecule has 8 heteroatoms.